The average molecular weight is 276 g/mol. The van der Waals surface area contributed by atoms with Gasteiger partial charge in [-0.05, 0) is 49.3 Å². The van der Waals surface area contributed by atoms with E-state index in [2.05, 4.69) is 6.92 Å². The van der Waals surface area contributed by atoms with E-state index in [-0.39, 0.29) is 0 Å². The van der Waals surface area contributed by atoms with E-state index in [1.165, 1.54) is 12.8 Å². The van der Waals surface area contributed by atoms with Crippen LogP contribution >= 0.6 is 0 Å². The molecule has 110 valence electrons. The molecule has 3 rings (SSSR count). The summed E-state index contributed by atoms with van der Waals surface area (Å²) in [7, 11) is 0. The summed E-state index contributed by atoms with van der Waals surface area (Å²) < 4.78 is 11.2. The zero-order chi connectivity index (χ0) is 14.0. The highest BCUT2D eigenvalue weighted by molar-refractivity contribution is 5.45. The molecule has 1 heterocycles. The van der Waals surface area contributed by atoms with Crippen LogP contribution in [0.25, 0.3) is 0 Å². The molecule has 0 radical (unpaired) electrons. The molecule has 1 fully saturated rings. The van der Waals surface area contributed by atoms with Crippen molar-refractivity contribution in [1.29, 1.82) is 0 Å². The fraction of sp³-hybridized carbons (Fsp3) is 0.647. The maximum Gasteiger partial charge on any atom is 0.161 e. The third-order valence-electron chi connectivity index (χ3n) is 4.83. The monoisotopic (exact) mass is 276 g/mol. The van der Waals surface area contributed by atoms with Crippen molar-refractivity contribution in [2.75, 3.05) is 13.2 Å². The van der Waals surface area contributed by atoms with E-state index in [4.69, 9.17) is 9.47 Å². The molecule has 1 saturated carbocycles. The molecule has 2 atom stereocenters. The highest BCUT2D eigenvalue weighted by Crippen LogP contribution is 2.41. The van der Waals surface area contributed by atoms with Gasteiger partial charge in [-0.1, -0.05) is 25.8 Å². The lowest BCUT2D eigenvalue weighted by atomic mass is 9.86. The van der Waals surface area contributed by atoms with Crippen molar-refractivity contribution in [2.24, 2.45) is 5.92 Å². The van der Waals surface area contributed by atoms with Gasteiger partial charge in [0, 0.05) is 0 Å². The predicted octanol–water partition coefficient (Wildman–Crippen LogP) is 3.64. The van der Waals surface area contributed by atoms with Crippen LogP contribution in [0.15, 0.2) is 18.2 Å². The Bertz CT molecular complexity index is 471. The van der Waals surface area contributed by atoms with Crippen LogP contribution in [0, 0.1) is 5.92 Å². The zero-order valence-electron chi connectivity index (χ0n) is 12.2. The molecule has 0 aromatic heterocycles. The highest BCUT2D eigenvalue weighted by atomic mass is 16.6. The fourth-order valence-electron chi connectivity index (χ4n) is 3.43. The zero-order valence-corrected chi connectivity index (χ0v) is 12.2. The topological polar surface area (TPSA) is 38.7 Å². The Kier molecular flexibility index (Phi) is 3.88. The summed E-state index contributed by atoms with van der Waals surface area (Å²) in [5.41, 5.74) is 0.290. The number of hydrogen-bond acceptors (Lipinski definition) is 3. The molecule has 3 nitrogen and oxygen atoms in total. The number of ether oxygens (including phenoxy) is 2. The van der Waals surface area contributed by atoms with E-state index >= 15 is 0 Å². The maximum absolute atomic E-state index is 11.0. The van der Waals surface area contributed by atoms with Gasteiger partial charge in [-0.2, -0.15) is 0 Å². The minimum atomic E-state index is -0.695. The van der Waals surface area contributed by atoms with Gasteiger partial charge in [0.1, 0.15) is 13.2 Å². The Labute approximate surface area is 120 Å². The van der Waals surface area contributed by atoms with Gasteiger partial charge in [0.05, 0.1) is 5.60 Å². The summed E-state index contributed by atoms with van der Waals surface area (Å²) in [4.78, 5) is 0. The Hall–Kier alpha value is -1.22. The molecule has 0 saturated heterocycles. The van der Waals surface area contributed by atoms with Gasteiger partial charge in [0.25, 0.3) is 0 Å². The predicted molar refractivity (Wildman–Crippen MR) is 78.2 cm³/mol. The molecule has 1 aliphatic carbocycles. The molecule has 3 heteroatoms. The number of hydrogen-bond donors (Lipinski definition) is 1. The van der Waals surface area contributed by atoms with Gasteiger partial charge >= 0.3 is 0 Å². The number of rotatable bonds is 2. The molecular weight excluding hydrogens is 252 g/mol. The second kappa shape index (κ2) is 5.65. The summed E-state index contributed by atoms with van der Waals surface area (Å²) in [5.74, 6) is 2.34. The smallest absolute Gasteiger partial charge is 0.161 e. The van der Waals surface area contributed by atoms with E-state index in [0.29, 0.717) is 13.2 Å². The first-order valence-electron chi connectivity index (χ1n) is 7.84. The number of benzene rings is 1. The van der Waals surface area contributed by atoms with Gasteiger partial charge in [-0.15, -0.1) is 0 Å². The summed E-state index contributed by atoms with van der Waals surface area (Å²) in [6, 6.07) is 5.91. The van der Waals surface area contributed by atoms with E-state index in [9.17, 15) is 5.11 Å². The van der Waals surface area contributed by atoms with Crippen molar-refractivity contribution in [3.63, 3.8) is 0 Å². The van der Waals surface area contributed by atoms with E-state index in [1.54, 1.807) is 0 Å². The van der Waals surface area contributed by atoms with Crippen LogP contribution in [-0.2, 0) is 5.60 Å². The lowest BCUT2D eigenvalue weighted by Gasteiger charge is -2.29. The Balaban J connectivity index is 1.83. The summed E-state index contributed by atoms with van der Waals surface area (Å²) in [6.07, 6.45) is 6.37. The molecule has 1 aliphatic heterocycles. The minimum Gasteiger partial charge on any atom is -0.486 e. The van der Waals surface area contributed by atoms with Crippen LogP contribution in [-0.4, -0.2) is 18.3 Å². The van der Waals surface area contributed by atoms with Gasteiger partial charge in [-0.25, -0.2) is 0 Å². The Morgan fingerprint density at radius 3 is 2.75 bits per heavy atom. The quantitative estimate of drug-likeness (QED) is 0.838. The van der Waals surface area contributed by atoms with Gasteiger partial charge < -0.3 is 14.6 Å². The lowest BCUT2D eigenvalue weighted by molar-refractivity contribution is 0.0191. The SMILES string of the molecule is CCC1CCCC(O)(c2ccc3c(c2)OCCO3)CC1. The van der Waals surface area contributed by atoms with E-state index < -0.39 is 5.60 Å². The molecule has 0 amide bonds. The standard InChI is InChI=1S/C17H24O3/c1-2-13-4-3-8-17(18,9-7-13)14-5-6-15-16(12-14)20-11-10-19-15/h5-6,12-13,18H,2-4,7-11H2,1H3. The van der Waals surface area contributed by atoms with E-state index in [1.807, 2.05) is 18.2 Å². The van der Waals surface area contributed by atoms with Crippen LogP contribution < -0.4 is 9.47 Å². The summed E-state index contributed by atoms with van der Waals surface area (Å²) >= 11 is 0. The van der Waals surface area contributed by atoms with Crippen LogP contribution in [0.5, 0.6) is 11.5 Å². The lowest BCUT2D eigenvalue weighted by Crippen LogP contribution is -2.25. The van der Waals surface area contributed by atoms with Gasteiger partial charge in [0.2, 0.25) is 0 Å². The molecule has 20 heavy (non-hydrogen) atoms. The molecule has 1 aromatic carbocycles. The maximum atomic E-state index is 11.0. The molecule has 0 spiro atoms. The normalized spacial score (nSPS) is 29.8. The average Bonchev–Trinajstić information content (AvgIpc) is 2.69. The molecule has 2 aliphatic rings. The van der Waals surface area contributed by atoms with Crippen molar-refractivity contribution in [3.05, 3.63) is 23.8 Å². The second-order valence-corrected chi connectivity index (χ2v) is 6.10. The fourth-order valence-corrected chi connectivity index (χ4v) is 3.43. The summed E-state index contributed by atoms with van der Waals surface area (Å²) in [5, 5.41) is 11.0. The third kappa shape index (κ3) is 2.64. The van der Waals surface area contributed by atoms with Crippen molar-refractivity contribution in [2.45, 2.75) is 51.0 Å². The van der Waals surface area contributed by atoms with Crippen molar-refractivity contribution in [3.8, 4) is 11.5 Å². The van der Waals surface area contributed by atoms with Crippen LogP contribution in [0.1, 0.15) is 51.0 Å². The molecule has 0 bridgehead atoms. The van der Waals surface area contributed by atoms with Gasteiger partial charge in [-0.3, -0.25) is 0 Å². The van der Waals surface area contributed by atoms with Crippen molar-refractivity contribution < 1.29 is 14.6 Å². The Morgan fingerprint density at radius 2 is 1.95 bits per heavy atom. The molecular formula is C17H24O3. The van der Waals surface area contributed by atoms with Crippen LogP contribution in [0.3, 0.4) is 0 Å². The second-order valence-electron chi connectivity index (χ2n) is 6.10. The molecule has 2 unspecified atom stereocenters. The first-order chi connectivity index (χ1) is 9.71. The molecule has 1 aromatic rings. The largest absolute Gasteiger partial charge is 0.486 e. The van der Waals surface area contributed by atoms with Gasteiger partial charge in [0.15, 0.2) is 11.5 Å². The summed E-state index contributed by atoms with van der Waals surface area (Å²) in [6.45, 7) is 3.45. The third-order valence-corrected chi connectivity index (χ3v) is 4.83. The Morgan fingerprint density at radius 1 is 1.15 bits per heavy atom. The minimum absolute atomic E-state index is 0.590. The highest BCUT2D eigenvalue weighted by Gasteiger charge is 2.33. The van der Waals surface area contributed by atoms with Crippen LogP contribution in [0.4, 0.5) is 0 Å². The van der Waals surface area contributed by atoms with Crippen molar-refractivity contribution in [1.82, 2.24) is 0 Å². The van der Waals surface area contributed by atoms with Crippen LogP contribution in [0.2, 0.25) is 0 Å². The van der Waals surface area contributed by atoms with E-state index in [0.717, 1.165) is 48.7 Å². The number of fused-ring (bicyclic) bond motifs is 1. The first-order valence-corrected chi connectivity index (χ1v) is 7.84. The molecule has 1 N–H and O–H groups in total. The first kappa shape index (κ1) is 13.7. The number of aliphatic hydroxyl groups is 1. The van der Waals surface area contributed by atoms with Crippen molar-refractivity contribution >= 4 is 0 Å².